The third-order valence-electron chi connectivity index (χ3n) is 3.66. The van der Waals surface area contributed by atoms with Crippen molar-refractivity contribution >= 4 is 22.6 Å². The number of rotatable bonds is 8. The van der Waals surface area contributed by atoms with Gasteiger partial charge < -0.3 is 19.2 Å². The molecule has 0 fully saturated rings. The van der Waals surface area contributed by atoms with Crippen LogP contribution in [0.4, 0.5) is 0 Å². The van der Waals surface area contributed by atoms with Gasteiger partial charge in [0, 0.05) is 23.8 Å². The number of imidazole rings is 1. The van der Waals surface area contributed by atoms with Gasteiger partial charge in [-0.15, -0.1) is 0 Å². The van der Waals surface area contributed by atoms with Crippen molar-refractivity contribution < 1.29 is 14.2 Å². The first-order valence-corrected chi connectivity index (χ1v) is 8.69. The second-order valence-electron chi connectivity index (χ2n) is 5.42. The van der Waals surface area contributed by atoms with Crippen LogP contribution in [0.5, 0.6) is 5.75 Å². The van der Waals surface area contributed by atoms with Crippen molar-refractivity contribution in [1.82, 2.24) is 9.97 Å². The van der Waals surface area contributed by atoms with Crippen LogP contribution in [0, 0.1) is 0 Å². The Balaban J connectivity index is 1.68. The van der Waals surface area contributed by atoms with E-state index in [0.29, 0.717) is 24.8 Å². The molecule has 0 saturated heterocycles. The van der Waals surface area contributed by atoms with Gasteiger partial charge in [-0.05, 0) is 56.3 Å². The van der Waals surface area contributed by atoms with Gasteiger partial charge in [-0.1, -0.05) is 11.6 Å². The average molecular weight is 361 g/mol. The number of halogens is 1. The molecule has 0 aliphatic rings. The highest BCUT2D eigenvalue weighted by atomic mass is 35.5. The molecule has 6 heteroatoms. The maximum Gasteiger partial charge on any atom is 0.191 e. The lowest BCUT2D eigenvalue weighted by atomic mass is 10.2. The van der Waals surface area contributed by atoms with E-state index >= 15 is 0 Å². The zero-order chi connectivity index (χ0) is 17.6. The SMILES string of the molecule is CCOC(COc1ccc(-c2nc3ccc(Cl)cc3[nH]2)cc1)OCC. The van der Waals surface area contributed by atoms with Crippen LogP contribution in [0.15, 0.2) is 42.5 Å². The summed E-state index contributed by atoms with van der Waals surface area (Å²) in [5, 5.41) is 0.685. The van der Waals surface area contributed by atoms with Crippen molar-refractivity contribution in [2.75, 3.05) is 19.8 Å². The summed E-state index contributed by atoms with van der Waals surface area (Å²) in [5.41, 5.74) is 2.78. The third kappa shape index (κ3) is 4.51. The molecular formula is C19H21ClN2O3. The molecule has 2 aromatic carbocycles. The maximum absolute atomic E-state index is 6.02. The Morgan fingerprint density at radius 2 is 1.76 bits per heavy atom. The molecule has 0 atom stereocenters. The molecular weight excluding hydrogens is 340 g/mol. The molecule has 1 heterocycles. The van der Waals surface area contributed by atoms with Crippen LogP contribution in [-0.2, 0) is 9.47 Å². The normalized spacial score (nSPS) is 11.4. The lowest BCUT2D eigenvalue weighted by molar-refractivity contribution is -0.152. The summed E-state index contributed by atoms with van der Waals surface area (Å²) in [7, 11) is 0. The van der Waals surface area contributed by atoms with E-state index in [1.807, 2.05) is 56.3 Å². The van der Waals surface area contributed by atoms with Crippen molar-refractivity contribution in [1.29, 1.82) is 0 Å². The molecule has 3 aromatic rings. The molecule has 3 rings (SSSR count). The summed E-state index contributed by atoms with van der Waals surface area (Å²) >= 11 is 6.02. The zero-order valence-corrected chi connectivity index (χ0v) is 15.0. The van der Waals surface area contributed by atoms with Gasteiger partial charge in [0.05, 0.1) is 11.0 Å². The molecule has 0 bridgehead atoms. The van der Waals surface area contributed by atoms with Crippen LogP contribution < -0.4 is 4.74 Å². The lowest BCUT2D eigenvalue weighted by Crippen LogP contribution is -2.25. The topological polar surface area (TPSA) is 56.4 Å². The number of aromatic nitrogens is 2. The molecule has 0 aliphatic carbocycles. The first kappa shape index (κ1) is 17.7. The summed E-state index contributed by atoms with van der Waals surface area (Å²) in [4.78, 5) is 7.86. The quantitative estimate of drug-likeness (QED) is 0.593. The fourth-order valence-electron chi connectivity index (χ4n) is 2.51. The molecule has 0 radical (unpaired) electrons. The monoisotopic (exact) mass is 360 g/mol. The van der Waals surface area contributed by atoms with E-state index in [0.717, 1.165) is 28.2 Å². The molecule has 0 spiro atoms. The highest BCUT2D eigenvalue weighted by Gasteiger charge is 2.10. The van der Waals surface area contributed by atoms with Crippen molar-refractivity contribution in [3.63, 3.8) is 0 Å². The van der Waals surface area contributed by atoms with Gasteiger partial charge in [-0.3, -0.25) is 0 Å². The van der Waals surface area contributed by atoms with Crippen LogP contribution in [-0.4, -0.2) is 36.1 Å². The van der Waals surface area contributed by atoms with Gasteiger partial charge in [0.25, 0.3) is 0 Å². The van der Waals surface area contributed by atoms with Crippen molar-refractivity contribution in [2.24, 2.45) is 0 Å². The Bertz CT molecular complexity index is 811. The zero-order valence-electron chi connectivity index (χ0n) is 14.3. The standard InChI is InChI=1S/C19H21ClN2O3/c1-3-23-18(24-4-2)12-25-15-8-5-13(6-9-15)19-21-16-10-7-14(20)11-17(16)22-19/h5-11,18H,3-4,12H2,1-2H3,(H,21,22). The predicted molar refractivity (Wildman–Crippen MR) is 99.1 cm³/mol. The van der Waals surface area contributed by atoms with E-state index < -0.39 is 0 Å². The minimum Gasteiger partial charge on any atom is -0.488 e. The number of aromatic amines is 1. The Kier molecular flexibility index (Phi) is 5.91. The number of benzene rings is 2. The number of nitrogens with one attached hydrogen (secondary N) is 1. The molecule has 0 amide bonds. The molecule has 1 N–H and O–H groups in total. The highest BCUT2D eigenvalue weighted by molar-refractivity contribution is 6.31. The first-order chi connectivity index (χ1) is 12.2. The number of H-pyrrole nitrogens is 1. The fraction of sp³-hybridized carbons (Fsp3) is 0.316. The number of nitrogens with zero attached hydrogens (tertiary/aromatic N) is 1. The second kappa shape index (κ2) is 8.34. The van der Waals surface area contributed by atoms with E-state index in [1.165, 1.54) is 0 Å². The van der Waals surface area contributed by atoms with E-state index in [9.17, 15) is 0 Å². The van der Waals surface area contributed by atoms with Crippen LogP contribution in [0.1, 0.15) is 13.8 Å². The van der Waals surface area contributed by atoms with Gasteiger partial charge in [0.15, 0.2) is 6.29 Å². The minimum atomic E-state index is -0.352. The Labute approximate surface area is 151 Å². The van der Waals surface area contributed by atoms with Crippen molar-refractivity contribution in [3.05, 3.63) is 47.5 Å². The predicted octanol–water partition coefficient (Wildman–Crippen LogP) is 4.66. The Morgan fingerprint density at radius 1 is 1.04 bits per heavy atom. The largest absolute Gasteiger partial charge is 0.488 e. The summed E-state index contributed by atoms with van der Waals surface area (Å²) in [6.45, 7) is 5.39. The van der Waals surface area contributed by atoms with Crippen LogP contribution in [0.25, 0.3) is 22.4 Å². The van der Waals surface area contributed by atoms with Gasteiger partial charge in [0.2, 0.25) is 0 Å². The van der Waals surface area contributed by atoms with Crippen molar-refractivity contribution in [2.45, 2.75) is 20.1 Å². The second-order valence-corrected chi connectivity index (χ2v) is 5.86. The molecule has 5 nitrogen and oxygen atoms in total. The summed E-state index contributed by atoms with van der Waals surface area (Å²) in [5.74, 6) is 1.55. The lowest BCUT2D eigenvalue weighted by Gasteiger charge is -2.17. The number of hydrogen-bond acceptors (Lipinski definition) is 4. The van der Waals surface area contributed by atoms with Gasteiger partial charge >= 0.3 is 0 Å². The van der Waals surface area contributed by atoms with E-state index in [4.69, 9.17) is 25.8 Å². The number of hydrogen-bond donors (Lipinski definition) is 1. The van der Waals surface area contributed by atoms with Crippen LogP contribution in [0.3, 0.4) is 0 Å². The highest BCUT2D eigenvalue weighted by Crippen LogP contribution is 2.24. The third-order valence-corrected chi connectivity index (χ3v) is 3.90. The molecule has 132 valence electrons. The van der Waals surface area contributed by atoms with Gasteiger partial charge in [0.1, 0.15) is 18.2 Å². The smallest absolute Gasteiger partial charge is 0.191 e. The average Bonchev–Trinajstić information content (AvgIpc) is 3.03. The summed E-state index contributed by atoms with van der Waals surface area (Å²) in [6, 6.07) is 13.3. The number of fused-ring (bicyclic) bond motifs is 1. The van der Waals surface area contributed by atoms with E-state index in [2.05, 4.69) is 9.97 Å². The number of ether oxygens (including phenoxy) is 3. The van der Waals surface area contributed by atoms with Gasteiger partial charge in [-0.2, -0.15) is 0 Å². The summed E-state index contributed by atoms with van der Waals surface area (Å²) in [6.07, 6.45) is -0.352. The molecule has 0 unspecified atom stereocenters. The van der Waals surface area contributed by atoms with Crippen LogP contribution >= 0.6 is 11.6 Å². The van der Waals surface area contributed by atoms with Crippen LogP contribution in [0.2, 0.25) is 5.02 Å². The minimum absolute atomic E-state index is 0.351. The van der Waals surface area contributed by atoms with Crippen molar-refractivity contribution in [3.8, 4) is 17.1 Å². The Morgan fingerprint density at radius 3 is 2.44 bits per heavy atom. The van der Waals surface area contributed by atoms with E-state index in [1.54, 1.807) is 0 Å². The first-order valence-electron chi connectivity index (χ1n) is 8.31. The molecule has 0 aliphatic heterocycles. The van der Waals surface area contributed by atoms with E-state index in [-0.39, 0.29) is 6.29 Å². The molecule has 0 saturated carbocycles. The fourth-order valence-corrected chi connectivity index (χ4v) is 2.68. The molecule has 1 aromatic heterocycles. The Hall–Kier alpha value is -2.08. The molecule has 25 heavy (non-hydrogen) atoms. The summed E-state index contributed by atoms with van der Waals surface area (Å²) < 4.78 is 16.7. The van der Waals surface area contributed by atoms with Gasteiger partial charge in [-0.25, -0.2) is 4.98 Å². The maximum atomic E-state index is 6.02.